The van der Waals surface area contributed by atoms with Gasteiger partial charge in [-0.2, -0.15) is 0 Å². The monoisotopic (exact) mass is 388 g/mol. The number of benzene rings is 1. The van der Waals surface area contributed by atoms with Gasteiger partial charge in [-0.3, -0.25) is 9.59 Å². The maximum absolute atomic E-state index is 13.2. The summed E-state index contributed by atoms with van der Waals surface area (Å²) >= 11 is 1.47. The van der Waals surface area contributed by atoms with Crippen molar-refractivity contribution in [3.8, 4) is 0 Å². The van der Waals surface area contributed by atoms with Crippen molar-refractivity contribution in [3.05, 3.63) is 52.0 Å². The molecule has 1 aromatic heterocycles. The molecular weight excluding hydrogens is 367 g/mol. The Bertz CT molecular complexity index is 856. The van der Waals surface area contributed by atoms with Crippen LogP contribution in [0.4, 0.5) is 10.1 Å². The maximum atomic E-state index is 13.2. The number of hydrogen-bond acceptors (Lipinski definition) is 4. The zero-order valence-electron chi connectivity index (χ0n) is 15.1. The third-order valence-electron chi connectivity index (χ3n) is 5.29. The maximum Gasteiger partial charge on any atom is 0.263 e. The molecule has 4 rings (SSSR count). The number of anilines is 1. The highest BCUT2D eigenvalue weighted by molar-refractivity contribution is 7.12. The first kappa shape index (κ1) is 18.1. The highest BCUT2D eigenvalue weighted by atomic mass is 32.1. The van der Waals surface area contributed by atoms with E-state index in [0.29, 0.717) is 38.2 Å². The number of likely N-dealkylation sites (tertiary alicyclic amines) is 1. The van der Waals surface area contributed by atoms with Crippen molar-refractivity contribution >= 4 is 28.8 Å². The molecule has 2 aromatic rings. The van der Waals surface area contributed by atoms with Crippen LogP contribution in [-0.2, 0) is 9.53 Å². The van der Waals surface area contributed by atoms with Gasteiger partial charge in [0.15, 0.2) is 0 Å². The number of ether oxygens (including phenoxy) is 1. The van der Waals surface area contributed by atoms with E-state index in [1.807, 2.05) is 23.3 Å². The summed E-state index contributed by atoms with van der Waals surface area (Å²) in [4.78, 5) is 29.2. The van der Waals surface area contributed by atoms with Crippen LogP contribution in [0.5, 0.6) is 0 Å². The second-order valence-electron chi connectivity index (χ2n) is 7.21. The van der Waals surface area contributed by atoms with Crippen LogP contribution in [-0.4, -0.2) is 48.6 Å². The summed E-state index contributed by atoms with van der Waals surface area (Å²) in [6.07, 6.45) is 1.35. The molecule has 5 nitrogen and oxygen atoms in total. The van der Waals surface area contributed by atoms with E-state index in [4.69, 9.17) is 4.74 Å². The molecule has 2 aliphatic rings. The van der Waals surface area contributed by atoms with Crippen LogP contribution in [0.25, 0.3) is 0 Å². The number of amides is 2. The first-order valence-electron chi connectivity index (χ1n) is 9.00. The number of halogens is 1. The molecule has 2 aliphatic heterocycles. The third kappa shape index (κ3) is 3.61. The van der Waals surface area contributed by atoms with Gasteiger partial charge in [-0.05, 0) is 61.0 Å². The van der Waals surface area contributed by atoms with Crippen LogP contribution in [0.15, 0.2) is 35.7 Å². The van der Waals surface area contributed by atoms with Crippen molar-refractivity contribution in [1.29, 1.82) is 0 Å². The fraction of sp³-hybridized carbons (Fsp3) is 0.400. The van der Waals surface area contributed by atoms with Gasteiger partial charge in [0, 0.05) is 18.8 Å². The number of nitrogens with zero attached hydrogens (tertiary/aromatic N) is 2. The van der Waals surface area contributed by atoms with Gasteiger partial charge in [-0.25, -0.2) is 4.39 Å². The van der Waals surface area contributed by atoms with Crippen LogP contribution in [0.2, 0.25) is 0 Å². The first-order chi connectivity index (χ1) is 13.0. The summed E-state index contributed by atoms with van der Waals surface area (Å²) in [5, 5.41) is 1.98. The molecule has 2 saturated heterocycles. The lowest BCUT2D eigenvalue weighted by Crippen LogP contribution is -2.59. The number of carbonyl (C=O) groups excluding carboxylic acids is 2. The van der Waals surface area contributed by atoms with E-state index in [0.717, 1.165) is 10.4 Å². The molecule has 0 saturated carbocycles. The van der Waals surface area contributed by atoms with Gasteiger partial charge >= 0.3 is 0 Å². The summed E-state index contributed by atoms with van der Waals surface area (Å²) in [6.45, 7) is 3.62. The normalized spacial score (nSPS) is 19.6. The Morgan fingerprint density at radius 2 is 1.93 bits per heavy atom. The molecular formula is C20H21FN2O3S. The molecule has 0 unspecified atom stereocenters. The van der Waals surface area contributed by atoms with Crippen molar-refractivity contribution in [3.63, 3.8) is 0 Å². The van der Waals surface area contributed by atoms with E-state index in [2.05, 4.69) is 0 Å². The summed E-state index contributed by atoms with van der Waals surface area (Å²) in [7, 11) is 0. The Balaban J connectivity index is 1.45. The number of thiophene rings is 1. The predicted octanol–water partition coefficient (Wildman–Crippen LogP) is 3.23. The summed E-state index contributed by atoms with van der Waals surface area (Å²) in [5.41, 5.74) is 1.32. The molecule has 142 valence electrons. The van der Waals surface area contributed by atoms with E-state index in [1.165, 1.54) is 23.5 Å². The van der Waals surface area contributed by atoms with Gasteiger partial charge in [0.05, 0.1) is 17.0 Å². The van der Waals surface area contributed by atoms with Gasteiger partial charge in [-0.1, -0.05) is 0 Å². The molecule has 2 fully saturated rings. The average Bonchev–Trinajstić information content (AvgIpc) is 3.11. The minimum absolute atomic E-state index is 0.00937. The molecule has 1 spiro atoms. The average molecular weight is 388 g/mol. The molecule has 0 N–H and O–H groups in total. The summed E-state index contributed by atoms with van der Waals surface area (Å²) in [5.74, 6) is -0.394. The molecule has 0 aliphatic carbocycles. The summed E-state index contributed by atoms with van der Waals surface area (Å²) in [6, 6.07) is 7.86. The fourth-order valence-corrected chi connectivity index (χ4v) is 4.55. The van der Waals surface area contributed by atoms with Gasteiger partial charge in [0.2, 0.25) is 0 Å². The van der Waals surface area contributed by atoms with E-state index >= 15 is 0 Å². The Morgan fingerprint density at radius 3 is 2.56 bits per heavy atom. The predicted molar refractivity (Wildman–Crippen MR) is 102 cm³/mol. The number of morpholine rings is 1. The smallest absolute Gasteiger partial charge is 0.263 e. The number of aryl methyl sites for hydroxylation is 1. The minimum Gasteiger partial charge on any atom is -0.363 e. The van der Waals surface area contributed by atoms with Crippen molar-refractivity contribution < 1.29 is 18.7 Å². The molecule has 1 aromatic carbocycles. The lowest BCUT2D eigenvalue weighted by Gasteiger charge is -2.46. The molecule has 7 heteroatoms. The second kappa shape index (κ2) is 7.05. The van der Waals surface area contributed by atoms with Crippen LogP contribution in [0.3, 0.4) is 0 Å². The Kier molecular flexibility index (Phi) is 4.74. The Morgan fingerprint density at radius 1 is 1.22 bits per heavy atom. The molecule has 0 radical (unpaired) electrons. The largest absolute Gasteiger partial charge is 0.363 e. The van der Waals surface area contributed by atoms with E-state index < -0.39 is 5.60 Å². The van der Waals surface area contributed by atoms with Crippen molar-refractivity contribution in [2.75, 3.05) is 31.1 Å². The van der Waals surface area contributed by atoms with Crippen LogP contribution in [0, 0.1) is 12.7 Å². The topological polar surface area (TPSA) is 49.9 Å². The highest BCUT2D eigenvalue weighted by Crippen LogP contribution is 2.33. The Hall–Kier alpha value is -2.25. The molecule has 2 amide bonds. The van der Waals surface area contributed by atoms with E-state index in [1.54, 1.807) is 17.0 Å². The van der Waals surface area contributed by atoms with Crippen molar-refractivity contribution in [1.82, 2.24) is 4.90 Å². The van der Waals surface area contributed by atoms with Gasteiger partial charge < -0.3 is 14.5 Å². The first-order valence-corrected chi connectivity index (χ1v) is 9.88. The molecule has 3 heterocycles. The molecule has 0 bridgehead atoms. The SMILES string of the molecule is Cc1csc(C(=O)N2CCC3(CC2)CN(c2ccc(F)cc2)C(=O)CO3)c1. The van der Waals surface area contributed by atoms with Crippen molar-refractivity contribution in [2.24, 2.45) is 0 Å². The molecule has 27 heavy (non-hydrogen) atoms. The fourth-order valence-electron chi connectivity index (χ4n) is 3.69. The zero-order chi connectivity index (χ0) is 19.0. The quantitative estimate of drug-likeness (QED) is 0.794. The second-order valence-corrected chi connectivity index (χ2v) is 8.12. The highest BCUT2D eigenvalue weighted by Gasteiger charge is 2.43. The number of piperidine rings is 1. The lowest BCUT2D eigenvalue weighted by molar-refractivity contribution is -0.143. The number of hydrogen-bond donors (Lipinski definition) is 0. The third-order valence-corrected chi connectivity index (χ3v) is 6.33. The lowest BCUT2D eigenvalue weighted by atomic mass is 9.89. The van der Waals surface area contributed by atoms with Gasteiger partial charge in [0.1, 0.15) is 12.4 Å². The summed E-state index contributed by atoms with van der Waals surface area (Å²) < 4.78 is 19.1. The zero-order valence-corrected chi connectivity index (χ0v) is 15.9. The van der Waals surface area contributed by atoms with Crippen LogP contribution in [0.1, 0.15) is 28.1 Å². The standard InChI is InChI=1S/C20H21FN2O3S/c1-14-10-17(27-12-14)19(25)22-8-6-20(7-9-22)13-23(18(24)11-26-20)16-4-2-15(21)3-5-16/h2-5,10,12H,6-9,11,13H2,1H3. The van der Waals surface area contributed by atoms with Crippen molar-refractivity contribution in [2.45, 2.75) is 25.4 Å². The minimum atomic E-state index is -0.454. The molecule has 0 atom stereocenters. The number of rotatable bonds is 2. The van der Waals surface area contributed by atoms with E-state index in [-0.39, 0.29) is 24.2 Å². The van der Waals surface area contributed by atoms with Gasteiger partial charge in [-0.15, -0.1) is 11.3 Å². The Labute approximate surface area is 161 Å². The van der Waals surface area contributed by atoms with Gasteiger partial charge in [0.25, 0.3) is 11.8 Å². The van der Waals surface area contributed by atoms with E-state index in [9.17, 15) is 14.0 Å². The van der Waals surface area contributed by atoms with Crippen LogP contribution >= 0.6 is 11.3 Å². The van der Waals surface area contributed by atoms with Crippen LogP contribution < -0.4 is 4.90 Å². The number of carbonyl (C=O) groups is 2.